The highest BCUT2D eigenvalue weighted by molar-refractivity contribution is 14.1. The number of Topliss-reactive ketones (excluding diaryl/α,β-unsaturated/α-hetero) is 1. The van der Waals surface area contributed by atoms with Crippen molar-refractivity contribution >= 4 is 28.4 Å². The maximum atomic E-state index is 12.0. The van der Waals surface area contributed by atoms with E-state index in [1.54, 1.807) is 0 Å². The second-order valence-electron chi connectivity index (χ2n) is 4.15. The summed E-state index contributed by atoms with van der Waals surface area (Å²) in [5, 5.41) is 0. The average Bonchev–Trinajstić information content (AvgIpc) is 2.35. The standard InChI is InChI=1S/C14H20INO/c1-3-5-10-16(4-2)11-14(17)12-6-8-13(15)9-7-12/h6-9H,3-5,10-11H2,1-2H3. The van der Waals surface area contributed by atoms with Crippen LogP contribution in [0.2, 0.25) is 0 Å². The molecule has 17 heavy (non-hydrogen) atoms. The van der Waals surface area contributed by atoms with Gasteiger partial charge in [0.05, 0.1) is 6.54 Å². The largest absolute Gasteiger partial charge is 0.296 e. The van der Waals surface area contributed by atoms with Crippen LogP contribution >= 0.6 is 22.6 Å². The average molecular weight is 345 g/mol. The summed E-state index contributed by atoms with van der Waals surface area (Å²) in [7, 11) is 0. The summed E-state index contributed by atoms with van der Waals surface area (Å²) in [6.45, 7) is 6.78. The van der Waals surface area contributed by atoms with Gasteiger partial charge < -0.3 is 0 Å². The van der Waals surface area contributed by atoms with Crippen LogP contribution in [0.4, 0.5) is 0 Å². The molecule has 1 rings (SSSR count). The highest BCUT2D eigenvalue weighted by atomic mass is 127. The number of hydrogen-bond acceptors (Lipinski definition) is 2. The minimum absolute atomic E-state index is 0.222. The monoisotopic (exact) mass is 345 g/mol. The van der Waals surface area contributed by atoms with E-state index in [2.05, 4.69) is 41.3 Å². The molecule has 0 heterocycles. The highest BCUT2D eigenvalue weighted by Crippen LogP contribution is 2.08. The zero-order valence-electron chi connectivity index (χ0n) is 10.6. The molecule has 2 nitrogen and oxygen atoms in total. The van der Waals surface area contributed by atoms with Gasteiger partial charge >= 0.3 is 0 Å². The number of carbonyl (C=O) groups excluding carboxylic acids is 1. The first-order valence-electron chi connectivity index (χ1n) is 6.18. The summed E-state index contributed by atoms with van der Waals surface area (Å²) in [6.07, 6.45) is 2.34. The van der Waals surface area contributed by atoms with Gasteiger partial charge in [-0.2, -0.15) is 0 Å². The van der Waals surface area contributed by atoms with E-state index in [0.717, 1.165) is 28.6 Å². The predicted molar refractivity (Wildman–Crippen MR) is 80.5 cm³/mol. The van der Waals surface area contributed by atoms with Gasteiger partial charge in [-0.25, -0.2) is 0 Å². The molecule has 0 radical (unpaired) electrons. The summed E-state index contributed by atoms with van der Waals surface area (Å²) in [6, 6.07) is 7.79. The van der Waals surface area contributed by atoms with Crippen LogP contribution in [0.1, 0.15) is 37.0 Å². The SMILES string of the molecule is CCCCN(CC)CC(=O)c1ccc(I)cc1. The van der Waals surface area contributed by atoms with Gasteiger partial charge in [-0.3, -0.25) is 9.69 Å². The van der Waals surface area contributed by atoms with Gasteiger partial charge in [-0.1, -0.05) is 32.4 Å². The molecule has 3 heteroatoms. The van der Waals surface area contributed by atoms with E-state index < -0.39 is 0 Å². The molecular formula is C14H20INO. The van der Waals surface area contributed by atoms with Gasteiger partial charge in [0.25, 0.3) is 0 Å². The van der Waals surface area contributed by atoms with Crippen molar-refractivity contribution in [3.63, 3.8) is 0 Å². The zero-order chi connectivity index (χ0) is 12.7. The first-order valence-corrected chi connectivity index (χ1v) is 7.26. The number of benzene rings is 1. The third-order valence-corrected chi connectivity index (χ3v) is 3.53. The van der Waals surface area contributed by atoms with Crippen molar-refractivity contribution in [1.29, 1.82) is 0 Å². The van der Waals surface area contributed by atoms with E-state index in [4.69, 9.17) is 0 Å². The Balaban J connectivity index is 2.54. The quantitative estimate of drug-likeness (QED) is 0.556. The molecule has 1 aromatic carbocycles. The number of carbonyl (C=O) groups is 1. The molecule has 0 aliphatic heterocycles. The minimum atomic E-state index is 0.222. The lowest BCUT2D eigenvalue weighted by Crippen LogP contribution is -2.30. The first kappa shape index (κ1) is 14.6. The Bertz CT molecular complexity index is 348. The van der Waals surface area contributed by atoms with Gasteiger partial charge in [-0.05, 0) is 54.2 Å². The van der Waals surface area contributed by atoms with E-state index in [9.17, 15) is 4.79 Å². The van der Waals surface area contributed by atoms with Crippen molar-refractivity contribution in [1.82, 2.24) is 4.90 Å². The van der Waals surface area contributed by atoms with Gasteiger partial charge in [0.1, 0.15) is 0 Å². The molecule has 0 aromatic heterocycles. The van der Waals surface area contributed by atoms with Crippen molar-refractivity contribution in [2.24, 2.45) is 0 Å². The molecule has 94 valence electrons. The van der Waals surface area contributed by atoms with Crippen molar-refractivity contribution in [2.45, 2.75) is 26.7 Å². The van der Waals surface area contributed by atoms with Crippen LogP contribution in [0.25, 0.3) is 0 Å². The molecule has 0 spiro atoms. The lowest BCUT2D eigenvalue weighted by Gasteiger charge is -2.19. The summed E-state index contributed by atoms with van der Waals surface area (Å²) in [4.78, 5) is 14.3. The minimum Gasteiger partial charge on any atom is -0.296 e. The van der Waals surface area contributed by atoms with Crippen molar-refractivity contribution in [3.05, 3.63) is 33.4 Å². The Morgan fingerprint density at radius 2 is 1.88 bits per heavy atom. The number of unbranched alkanes of at least 4 members (excludes halogenated alkanes) is 1. The van der Waals surface area contributed by atoms with Crippen molar-refractivity contribution < 1.29 is 4.79 Å². The van der Waals surface area contributed by atoms with E-state index in [1.807, 2.05) is 24.3 Å². The molecule has 0 bridgehead atoms. The number of rotatable bonds is 7. The third-order valence-electron chi connectivity index (χ3n) is 2.81. The van der Waals surface area contributed by atoms with Crippen LogP contribution in [-0.2, 0) is 0 Å². The topological polar surface area (TPSA) is 20.3 Å². The smallest absolute Gasteiger partial charge is 0.176 e. The van der Waals surface area contributed by atoms with Crippen molar-refractivity contribution in [2.75, 3.05) is 19.6 Å². The molecule has 0 amide bonds. The number of ketones is 1. The normalized spacial score (nSPS) is 10.8. The third kappa shape index (κ3) is 5.17. The molecule has 0 fully saturated rings. The number of hydrogen-bond donors (Lipinski definition) is 0. The molecule has 0 saturated heterocycles. The Morgan fingerprint density at radius 1 is 1.24 bits per heavy atom. The summed E-state index contributed by atoms with van der Waals surface area (Å²) in [5.41, 5.74) is 0.820. The summed E-state index contributed by atoms with van der Waals surface area (Å²) >= 11 is 2.25. The van der Waals surface area contributed by atoms with Crippen LogP contribution in [0.15, 0.2) is 24.3 Å². The molecule has 0 atom stereocenters. The summed E-state index contributed by atoms with van der Waals surface area (Å²) in [5.74, 6) is 0.222. The maximum absolute atomic E-state index is 12.0. The first-order chi connectivity index (χ1) is 8.17. The second-order valence-corrected chi connectivity index (χ2v) is 5.40. The van der Waals surface area contributed by atoms with E-state index >= 15 is 0 Å². The van der Waals surface area contributed by atoms with Crippen LogP contribution in [-0.4, -0.2) is 30.3 Å². The number of halogens is 1. The molecule has 0 aliphatic carbocycles. The van der Waals surface area contributed by atoms with Crippen LogP contribution in [0.5, 0.6) is 0 Å². The van der Waals surface area contributed by atoms with Gasteiger partial charge in [0.2, 0.25) is 0 Å². The van der Waals surface area contributed by atoms with E-state index in [1.165, 1.54) is 6.42 Å². The van der Waals surface area contributed by atoms with Crippen LogP contribution in [0.3, 0.4) is 0 Å². The molecular weight excluding hydrogens is 325 g/mol. The molecule has 0 unspecified atom stereocenters. The molecule has 0 saturated carbocycles. The molecule has 0 N–H and O–H groups in total. The highest BCUT2D eigenvalue weighted by Gasteiger charge is 2.10. The lowest BCUT2D eigenvalue weighted by atomic mass is 10.1. The second kappa shape index (κ2) is 7.82. The van der Waals surface area contributed by atoms with Crippen LogP contribution < -0.4 is 0 Å². The van der Waals surface area contributed by atoms with Gasteiger partial charge in [0.15, 0.2) is 5.78 Å². The Morgan fingerprint density at radius 3 is 2.41 bits per heavy atom. The van der Waals surface area contributed by atoms with E-state index in [-0.39, 0.29) is 5.78 Å². The Kier molecular flexibility index (Phi) is 6.73. The number of likely N-dealkylation sites (N-methyl/N-ethyl adjacent to an activating group) is 1. The van der Waals surface area contributed by atoms with Gasteiger partial charge in [0, 0.05) is 9.13 Å². The fourth-order valence-corrected chi connectivity index (χ4v) is 2.02. The maximum Gasteiger partial charge on any atom is 0.176 e. The molecule has 1 aromatic rings. The van der Waals surface area contributed by atoms with E-state index in [0.29, 0.717) is 6.54 Å². The molecule has 0 aliphatic rings. The lowest BCUT2D eigenvalue weighted by molar-refractivity contribution is 0.0933. The fraction of sp³-hybridized carbons (Fsp3) is 0.500. The van der Waals surface area contributed by atoms with Crippen molar-refractivity contribution in [3.8, 4) is 0 Å². The Hall–Kier alpha value is -0.420. The zero-order valence-corrected chi connectivity index (χ0v) is 12.7. The Labute approximate surface area is 118 Å². The summed E-state index contributed by atoms with van der Waals surface area (Å²) < 4.78 is 1.16. The number of nitrogens with zero attached hydrogens (tertiary/aromatic N) is 1. The van der Waals surface area contributed by atoms with Gasteiger partial charge in [-0.15, -0.1) is 0 Å². The fourth-order valence-electron chi connectivity index (χ4n) is 1.66. The predicted octanol–water partition coefficient (Wildman–Crippen LogP) is 3.60. The van der Waals surface area contributed by atoms with Crippen LogP contribution in [0, 0.1) is 3.57 Å².